The van der Waals surface area contributed by atoms with Gasteiger partial charge in [0.15, 0.2) is 5.79 Å². The maximum atomic E-state index is 10.1. The van der Waals surface area contributed by atoms with Gasteiger partial charge in [0.25, 0.3) is 0 Å². The molecule has 1 aliphatic rings. The summed E-state index contributed by atoms with van der Waals surface area (Å²) in [5.74, 6) is -0.686. The topological polar surface area (TPSA) is 35.5 Å². The van der Waals surface area contributed by atoms with Crippen molar-refractivity contribution in [2.45, 2.75) is 31.8 Å². The Labute approximate surface area is 91.7 Å². The van der Waals surface area contributed by atoms with Crippen molar-refractivity contribution in [2.24, 2.45) is 0 Å². The maximum absolute atomic E-state index is 10.1. The molecule has 4 heteroatoms. The fourth-order valence-corrected chi connectivity index (χ4v) is 0.936. The van der Waals surface area contributed by atoms with Gasteiger partial charge in [-0.15, -0.1) is 0 Å². The Hall–Kier alpha value is 0.694. The van der Waals surface area contributed by atoms with Crippen molar-refractivity contribution in [3.63, 3.8) is 0 Å². The summed E-state index contributed by atoms with van der Waals surface area (Å²) in [6, 6.07) is 0. The largest absolute Gasteiger partial charge is 0.539 e. The fraction of sp³-hybridized carbons (Fsp3) is 0.714. The number of hydrogen-bond acceptors (Lipinski definition) is 3. The van der Waals surface area contributed by atoms with Crippen LogP contribution in [0.2, 0.25) is 0 Å². The van der Waals surface area contributed by atoms with Crippen molar-refractivity contribution in [3.8, 4) is 0 Å². The molecule has 2 atom stereocenters. The van der Waals surface area contributed by atoms with Gasteiger partial charge in [0, 0.05) is 32.7 Å². The van der Waals surface area contributed by atoms with Crippen molar-refractivity contribution >= 4 is 6.29 Å². The van der Waals surface area contributed by atoms with Gasteiger partial charge in [-0.2, -0.15) is 0 Å². The summed E-state index contributed by atoms with van der Waals surface area (Å²) in [4.78, 5) is 10.1. The van der Waals surface area contributed by atoms with E-state index in [1.165, 1.54) is 0 Å². The zero-order valence-corrected chi connectivity index (χ0v) is 9.50. The fourth-order valence-electron chi connectivity index (χ4n) is 0.936. The van der Waals surface area contributed by atoms with Crippen LogP contribution in [0.4, 0.5) is 0 Å². The van der Waals surface area contributed by atoms with Crippen LogP contribution in [0.5, 0.6) is 0 Å². The molecule has 0 aromatic heterocycles. The molecule has 1 aliphatic heterocycles. The van der Waals surface area contributed by atoms with Crippen molar-refractivity contribution < 1.29 is 47.0 Å². The summed E-state index contributed by atoms with van der Waals surface area (Å²) in [6.07, 6.45) is 0.656. The smallest absolute Gasteiger partial charge is 0.157 e. The van der Waals surface area contributed by atoms with Crippen LogP contribution in [0.25, 0.3) is 0 Å². The molecule has 0 bridgehead atoms. The van der Waals surface area contributed by atoms with E-state index in [4.69, 9.17) is 9.47 Å². The van der Waals surface area contributed by atoms with E-state index in [2.05, 4.69) is 6.92 Å². The van der Waals surface area contributed by atoms with Crippen LogP contribution in [0.1, 0.15) is 13.8 Å². The van der Waals surface area contributed by atoms with Gasteiger partial charge in [0.1, 0.15) is 0 Å². The number of rotatable bonds is 1. The molecular formula is C7H10O3Y-2. The predicted molar refractivity (Wildman–Crippen MR) is 34.9 cm³/mol. The summed E-state index contributed by atoms with van der Waals surface area (Å²) in [6.45, 7) is 7.05. The van der Waals surface area contributed by atoms with Crippen molar-refractivity contribution in [2.75, 3.05) is 0 Å². The third kappa shape index (κ3) is 2.90. The molecule has 0 N–H and O–H groups in total. The minimum Gasteiger partial charge on any atom is -0.539 e. The average Bonchev–Trinajstić information content (AvgIpc) is 2.05. The first-order chi connectivity index (χ1) is 4.55. The van der Waals surface area contributed by atoms with Gasteiger partial charge in [-0.05, 0) is 20.0 Å². The Morgan fingerprint density at radius 2 is 2.00 bits per heavy atom. The van der Waals surface area contributed by atoms with Crippen LogP contribution in [0, 0.1) is 6.92 Å². The van der Waals surface area contributed by atoms with E-state index in [9.17, 15) is 4.79 Å². The number of carbonyl (C=O) groups excluding carboxylic acids is 1. The van der Waals surface area contributed by atoms with Gasteiger partial charge < -0.3 is 21.2 Å². The van der Waals surface area contributed by atoms with Crippen LogP contribution < -0.4 is 0 Å². The van der Waals surface area contributed by atoms with Crippen LogP contribution in [-0.4, -0.2) is 24.3 Å². The normalized spacial score (nSPS) is 34.5. The standard InChI is InChI=1S/C7H10O3.Y/c1-5-6(4-8)10-7(2,3)9-5;/h5-6H,1H2,2-3H3;/q-2;/t5-,6+;/m1./s1. The van der Waals surface area contributed by atoms with E-state index < -0.39 is 18.0 Å². The van der Waals surface area contributed by atoms with E-state index >= 15 is 0 Å². The third-order valence-electron chi connectivity index (χ3n) is 1.30. The molecule has 1 rings (SSSR count). The first-order valence-corrected chi connectivity index (χ1v) is 3.11. The number of ether oxygens (including phenoxy) is 2. The molecular weight excluding hydrogens is 221 g/mol. The Morgan fingerprint density at radius 3 is 2.18 bits per heavy atom. The van der Waals surface area contributed by atoms with E-state index in [-0.39, 0.29) is 32.7 Å². The summed E-state index contributed by atoms with van der Waals surface area (Å²) in [5.41, 5.74) is 0. The Morgan fingerprint density at radius 1 is 1.45 bits per heavy atom. The van der Waals surface area contributed by atoms with Crippen LogP contribution >= 0.6 is 0 Å². The van der Waals surface area contributed by atoms with Gasteiger partial charge >= 0.3 is 0 Å². The Kier molecular flexibility index (Phi) is 4.34. The summed E-state index contributed by atoms with van der Waals surface area (Å²) >= 11 is 0. The minimum atomic E-state index is -0.686. The van der Waals surface area contributed by atoms with E-state index in [0.29, 0.717) is 0 Å². The first-order valence-electron chi connectivity index (χ1n) is 3.11. The minimum absolute atomic E-state index is 0. The quantitative estimate of drug-likeness (QED) is 0.614. The first kappa shape index (κ1) is 11.7. The second-order valence-corrected chi connectivity index (χ2v) is 2.71. The monoisotopic (exact) mass is 231 g/mol. The van der Waals surface area contributed by atoms with Crippen molar-refractivity contribution in [1.82, 2.24) is 0 Å². The predicted octanol–water partition coefficient (Wildman–Crippen LogP) is 0.448. The Bertz CT molecular complexity index is 147. The molecule has 61 valence electrons. The van der Waals surface area contributed by atoms with Crippen LogP contribution in [0.3, 0.4) is 0 Å². The molecule has 1 fully saturated rings. The molecule has 11 heavy (non-hydrogen) atoms. The molecule has 0 saturated carbocycles. The van der Waals surface area contributed by atoms with Gasteiger partial charge in [0.2, 0.25) is 0 Å². The van der Waals surface area contributed by atoms with Crippen molar-refractivity contribution in [1.29, 1.82) is 0 Å². The average molecular weight is 231 g/mol. The molecule has 3 nitrogen and oxygen atoms in total. The maximum Gasteiger partial charge on any atom is 0.157 e. The second-order valence-electron chi connectivity index (χ2n) is 2.71. The van der Waals surface area contributed by atoms with Gasteiger partial charge in [-0.25, -0.2) is 6.29 Å². The number of hydrogen-bond donors (Lipinski definition) is 0. The molecule has 0 aliphatic carbocycles. The van der Waals surface area contributed by atoms with Crippen LogP contribution in [0.15, 0.2) is 0 Å². The second kappa shape index (κ2) is 4.08. The van der Waals surface area contributed by atoms with E-state index in [0.717, 1.165) is 0 Å². The zero-order valence-electron chi connectivity index (χ0n) is 6.66. The summed E-state index contributed by atoms with van der Waals surface area (Å²) < 4.78 is 10.3. The van der Waals surface area contributed by atoms with Gasteiger partial charge in [-0.1, -0.05) is 6.10 Å². The van der Waals surface area contributed by atoms with Crippen molar-refractivity contribution in [3.05, 3.63) is 6.92 Å². The molecule has 0 amide bonds. The Balaban J connectivity index is 0.000001000. The van der Waals surface area contributed by atoms with Gasteiger partial charge in [-0.3, -0.25) is 0 Å². The summed E-state index contributed by atoms with van der Waals surface area (Å²) in [7, 11) is 0. The van der Waals surface area contributed by atoms with Gasteiger partial charge in [0.05, 0.1) is 0 Å². The molecule has 1 saturated heterocycles. The molecule has 0 aromatic carbocycles. The zero-order chi connectivity index (χ0) is 7.78. The molecule has 1 heterocycles. The van der Waals surface area contributed by atoms with E-state index in [1.54, 1.807) is 20.1 Å². The molecule has 0 unspecified atom stereocenters. The molecule has 0 aromatic rings. The van der Waals surface area contributed by atoms with Crippen LogP contribution in [-0.2, 0) is 47.0 Å². The SMILES string of the molecule is [CH2-][C@H]1OC(C)(C)O[C@H]1[C-]=O.[Y]. The summed E-state index contributed by atoms with van der Waals surface area (Å²) in [5, 5.41) is 0. The molecule has 1 radical (unpaired) electrons. The van der Waals surface area contributed by atoms with E-state index in [1.807, 2.05) is 0 Å². The molecule has 0 spiro atoms. The third-order valence-corrected chi connectivity index (χ3v) is 1.30.